The second-order valence-electron chi connectivity index (χ2n) is 5.17. The minimum Gasteiger partial charge on any atom is -0.347 e. The van der Waals surface area contributed by atoms with Crippen molar-refractivity contribution in [3.8, 4) is 0 Å². The van der Waals surface area contributed by atoms with Gasteiger partial charge >= 0.3 is 0 Å². The zero-order chi connectivity index (χ0) is 12.4. The van der Waals surface area contributed by atoms with Crippen LogP contribution < -0.4 is 5.32 Å². The van der Waals surface area contributed by atoms with Gasteiger partial charge in [0, 0.05) is 25.9 Å². The monoisotopic (exact) mass is 247 g/mol. The Bertz CT molecular complexity index is 395. The lowest BCUT2D eigenvalue weighted by atomic mass is 10.0. The molecule has 0 aromatic heterocycles. The van der Waals surface area contributed by atoms with Gasteiger partial charge in [-0.2, -0.15) is 0 Å². The summed E-state index contributed by atoms with van der Waals surface area (Å²) in [6.07, 6.45) is 3.10. The Morgan fingerprint density at radius 3 is 2.61 bits per heavy atom. The first-order valence-electron chi connectivity index (χ1n) is 6.93. The number of piperidine rings is 1. The number of aryl methyl sites for hydroxylation is 1. The van der Waals surface area contributed by atoms with Gasteiger partial charge in [-0.25, -0.2) is 0 Å². The van der Waals surface area contributed by atoms with Gasteiger partial charge in [-0.05, 0) is 17.5 Å². The average molecular weight is 247 g/mol. The van der Waals surface area contributed by atoms with Crippen LogP contribution in [0.1, 0.15) is 37.0 Å². The van der Waals surface area contributed by atoms with Crippen LogP contribution in [0, 0.1) is 0 Å². The van der Waals surface area contributed by atoms with E-state index in [2.05, 4.69) is 36.5 Å². The third-order valence-electron chi connectivity index (χ3n) is 3.98. The Kier molecular flexibility index (Phi) is 3.37. The molecule has 1 unspecified atom stereocenters. The first-order valence-corrected chi connectivity index (χ1v) is 6.93. The predicted molar refractivity (Wildman–Crippen MR) is 70.4 cm³/mol. The number of benzene rings is 1. The maximum absolute atomic E-state index is 6.19. The fraction of sp³-hybridized carbons (Fsp3) is 0.600. The van der Waals surface area contributed by atoms with Crippen molar-refractivity contribution in [2.75, 3.05) is 19.7 Å². The van der Waals surface area contributed by atoms with Crippen molar-refractivity contribution in [1.29, 1.82) is 0 Å². The van der Waals surface area contributed by atoms with E-state index in [9.17, 15) is 0 Å². The topological polar surface area (TPSA) is 30.5 Å². The van der Waals surface area contributed by atoms with E-state index in [0.717, 1.165) is 32.4 Å². The van der Waals surface area contributed by atoms with E-state index in [0.29, 0.717) is 6.61 Å². The van der Waals surface area contributed by atoms with Gasteiger partial charge in [0.25, 0.3) is 0 Å². The molecule has 0 aliphatic carbocycles. The van der Waals surface area contributed by atoms with E-state index in [-0.39, 0.29) is 11.9 Å². The van der Waals surface area contributed by atoms with Crippen LogP contribution in [0.2, 0.25) is 0 Å². The van der Waals surface area contributed by atoms with Crippen LogP contribution in [0.3, 0.4) is 0 Å². The van der Waals surface area contributed by atoms with Crippen molar-refractivity contribution in [1.82, 2.24) is 5.32 Å². The predicted octanol–water partition coefficient (Wildman–Crippen LogP) is 2.42. The smallest absolute Gasteiger partial charge is 0.171 e. The highest BCUT2D eigenvalue weighted by atomic mass is 16.7. The number of nitrogens with one attached hydrogen (secondary N) is 1. The van der Waals surface area contributed by atoms with E-state index >= 15 is 0 Å². The highest BCUT2D eigenvalue weighted by Gasteiger charge is 2.42. The minimum absolute atomic E-state index is 0.106. The third kappa shape index (κ3) is 2.30. The van der Waals surface area contributed by atoms with Gasteiger partial charge in [0.05, 0.1) is 6.61 Å². The molecule has 18 heavy (non-hydrogen) atoms. The molecule has 2 aliphatic heterocycles. The van der Waals surface area contributed by atoms with Gasteiger partial charge in [-0.3, -0.25) is 0 Å². The fourth-order valence-electron chi connectivity index (χ4n) is 2.76. The molecular formula is C15H21NO2. The van der Waals surface area contributed by atoms with Crippen LogP contribution in [-0.4, -0.2) is 25.5 Å². The average Bonchev–Trinajstić information content (AvgIpc) is 2.83. The number of hydrogen-bond donors (Lipinski definition) is 1. The summed E-state index contributed by atoms with van der Waals surface area (Å²) < 4.78 is 12.1. The molecule has 1 atom stereocenters. The molecule has 1 N–H and O–H groups in total. The van der Waals surface area contributed by atoms with Crippen LogP contribution in [0.4, 0.5) is 0 Å². The highest BCUT2D eigenvalue weighted by Crippen LogP contribution is 2.38. The van der Waals surface area contributed by atoms with Gasteiger partial charge in [-0.15, -0.1) is 0 Å². The Hall–Kier alpha value is -0.900. The zero-order valence-corrected chi connectivity index (χ0v) is 10.9. The number of ether oxygens (including phenoxy) is 2. The standard InChI is InChI=1S/C15H21NO2/c1-2-12-3-5-13(6-4-12)14-11-17-15(18-14)7-9-16-10-8-15/h3-6,14,16H,2,7-11H2,1H3. The summed E-state index contributed by atoms with van der Waals surface area (Å²) >= 11 is 0. The Morgan fingerprint density at radius 1 is 1.22 bits per heavy atom. The zero-order valence-electron chi connectivity index (χ0n) is 10.9. The Morgan fingerprint density at radius 2 is 1.94 bits per heavy atom. The summed E-state index contributed by atoms with van der Waals surface area (Å²) in [6, 6.07) is 8.72. The van der Waals surface area contributed by atoms with Crippen molar-refractivity contribution >= 4 is 0 Å². The molecule has 0 bridgehead atoms. The van der Waals surface area contributed by atoms with E-state index in [1.807, 2.05) is 0 Å². The van der Waals surface area contributed by atoms with Gasteiger partial charge in [0.1, 0.15) is 6.10 Å². The van der Waals surface area contributed by atoms with Crippen LogP contribution in [0.25, 0.3) is 0 Å². The molecule has 98 valence electrons. The largest absolute Gasteiger partial charge is 0.347 e. The summed E-state index contributed by atoms with van der Waals surface area (Å²) in [7, 11) is 0. The van der Waals surface area contributed by atoms with Crippen LogP contribution in [-0.2, 0) is 15.9 Å². The van der Waals surface area contributed by atoms with Crippen molar-refractivity contribution in [3.05, 3.63) is 35.4 Å². The summed E-state index contributed by atoms with van der Waals surface area (Å²) in [5, 5.41) is 3.35. The third-order valence-corrected chi connectivity index (χ3v) is 3.98. The summed E-state index contributed by atoms with van der Waals surface area (Å²) in [5.41, 5.74) is 2.61. The quantitative estimate of drug-likeness (QED) is 0.870. The number of rotatable bonds is 2. The Labute approximate surface area is 108 Å². The van der Waals surface area contributed by atoms with E-state index < -0.39 is 0 Å². The first-order chi connectivity index (χ1) is 8.81. The van der Waals surface area contributed by atoms with Crippen LogP contribution >= 0.6 is 0 Å². The molecule has 1 aromatic carbocycles. The van der Waals surface area contributed by atoms with E-state index in [1.54, 1.807) is 0 Å². The summed E-state index contributed by atoms with van der Waals surface area (Å²) in [5.74, 6) is -0.320. The molecule has 1 spiro atoms. The molecule has 0 radical (unpaired) electrons. The SMILES string of the molecule is CCc1ccc(C2COC3(CCNCC3)O2)cc1. The molecule has 1 aromatic rings. The summed E-state index contributed by atoms with van der Waals surface area (Å²) in [6.45, 7) is 4.84. The molecule has 2 heterocycles. The fourth-order valence-corrected chi connectivity index (χ4v) is 2.76. The normalized spacial score (nSPS) is 26.6. The lowest BCUT2D eigenvalue weighted by Crippen LogP contribution is -2.42. The first kappa shape index (κ1) is 12.2. The van der Waals surface area contributed by atoms with Crippen molar-refractivity contribution in [3.63, 3.8) is 0 Å². The molecule has 0 saturated carbocycles. The molecule has 3 rings (SSSR count). The molecule has 2 fully saturated rings. The Balaban J connectivity index is 1.70. The van der Waals surface area contributed by atoms with Gasteiger partial charge in [0.2, 0.25) is 0 Å². The lowest BCUT2D eigenvalue weighted by Gasteiger charge is -2.32. The molecule has 0 amide bonds. The maximum Gasteiger partial charge on any atom is 0.171 e. The molecule has 3 nitrogen and oxygen atoms in total. The highest BCUT2D eigenvalue weighted by molar-refractivity contribution is 5.24. The van der Waals surface area contributed by atoms with Crippen LogP contribution in [0.15, 0.2) is 24.3 Å². The van der Waals surface area contributed by atoms with Gasteiger partial charge in [-0.1, -0.05) is 31.2 Å². The van der Waals surface area contributed by atoms with Crippen LogP contribution in [0.5, 0.6) is 0 Å². The second kappa shape index (κ2) is 5.00. The van der Waals surface area contributed by atoms with Crippen molar-refractivity contribution in [2.45, 2.75) is 38.1 Å². The number of hydrogen-bond acceptors (Lipinski definition) is 3. The van der Waals surface area contributed by atoms with E-state index in [1.165, 1.54) is 11.1 Å². The van der Waals surface area contributed by atoms with Gasteiger partial charge in [0.15, 0.2) is 5.79 Å². The maximum atomic E-state index is 6.19. The second-order valence-corrected chi connectivity index (χ2v) is 5.17. The van der Waals surface area contributed by atoms with Crippen molar-refractivity contribution < 1.29 is 9.47 Å². The van der Waals surface area contributed by atoms with E-state index in [4.69, 9.17) is 9.47 Å². The van der Waals surface area contributed by atoms with Crippen molar-refractivity contribution in [2.24, 2.45) is 0 Å². The van der Waals surface area contributed by atoms with Gasteiger partial charge < -0.3 is 14.8 Å². The molecular weight excluding hydrogens is 226 g/mol. The molecule has 3 heteroatoms. The summed E-state index contributed by atoms with van der Waals surface area (Å²) in [4.78, 5) is 0. The minimum atomic E-state index is -0.320. The lowest BCUT2D eigenvalue weighted by molar-refractivity contribution is -0.183. The molecule has 2 saturated heterocycles. The molecule has 2 aliphatic rings.